The predicted octanol–water partition coefficient (Wildman–Crippen LogP) is 5.54. The number of ether oxygens (including phenoxy) is 2. The van der Waals surface area contributed by atoms with Gasteiger partial charge in [-0.1, -0.05) is 43.2 Å². The van der Waals surface area contributed by atoms with E-state index in [1.807, 2.05) is 45.9 Å². The molecule has 1 spiro atoms. The molecule has 5 atom stereocenters. The fourth-order valence-corrected chi connectivity index (χ4v) is 7.44. The molecule has 2 N–H and O–H groups in total. The Balaban J connectivity index is 1.68. The van der Waals surface area contributed by atoms with E-state index in [9.17, 15) is 19.8 Å². The van der Waals surface area contributed by atoms with Gasteiger partial charge in [-0.25, -0.2) is 0 Å². The molecule has 2 fully saturated rings. The lowest BCUT2D eigenvalue weighted by atomic mass is 9.49. The van der Waals surface area contributed by atoms with Crippen molar-refractivity contribution in [2.24, 2.45) is 17.8 Å². The molecule has 0 amide bonds. The molecule has 2 aliphatic heterocycles. The lowest BCUT2D eigenvalue weighted by Gasteiger charge is -2.58. The molecule has 216 valence electrons. The topological polar surface area (TPSA) is 96.3 Å². The standard InChI is InChI=1S/C33H43NO6/c1-7-13-34(14-8-2)17-23-22-15-24-30(37)28-27(16-26(35)21(29(28)36)10-9-19(3)4)40-33(24)25(23)18-39-32(33,31(22)38)12-11-20(5)6/h9,11,15-16,22-23,25,35-36H,7-8,10,12-14,17-18H2,1-6H3/t22-,23+,25-,32+,33-/m1/s1. The van der Waals surface area contributed by atoms with Crippen molar-refractivity contribution in [3.63, 3.8) is 0 Å². The maximum atomic E-state index is 14.4. The lowest BCUT2D eigenvalue weighted by Crippen LogP contribution is -2.74. The second-order valence-electron chi connectivity index (χ2n) is 12.4. The molecule has 1 saturated heterocycles. The summed E-state index contributed by atoms with van der Waals surface area (Å²) < 4.78 is 13.3. The average Bonchev–Trinajstić information content (AvgIpc) is 3.17. The van der Waals surface area contributed by atoms with Crippen LogP contribution in [0, 0.1) is 17.8 Å². The highest BCUT2D eigenvalue weighted by atomic mass is 16.6. The molecule has 6 rings (SSSR count). The number of phenolic OH excluding ortho intramolecular Hbond substituents is 2. The summed E-state index contributed by atoms with van der Waals surface area (Å²) in [6.45, 7) is 15.0. The van der Waals surface area contributed by atoms with Crippen molar-refractivity contribution in [2.45, 2.75) is 78.4 Å². The highest BCUT2D eigenvalue weighted by Crippen LogP contribution is 2.65. The zero-order valence-corrected chi connectivity index (χ0v) is 24.7. The molecule has 1 aromatic carbocycles. The molecular weight excluding hydrogens is 506 g/mol. The van der Waals surface area contributed by atoms with Crippen LogP contribution in [-0.4, -0.2) is 64.1 Å². The van der Waals surface area contributed by atoms with E-state index in [4.69, 9.17) is 9.47 Å². The van der Waals surface area contributed by atoms with Crippen molar-refractivity contribution in [3.05, 3.63) is 52.1 Å². The van der Waals surface area contributed by atoms with E-state index >= 15 is 0 Å². The van der Waals surface area contributed by atoms with Crippen LogP contribution in [0.15, 0.2) is 41.0 Å². The number of rotatable bonds is 10. The van der Waals surface area contributed by atoms with Gasteiger partial charge in [0.05, 0.1) is 6.61 Å². The summed E-state index contributed by atoms with van der Waals surface area (Å²) in [5.41, 5.74) is 0.189. The average molecular weight is 550 g/mol. The molecule has 0 radical (unpaired) electrons. The van der Waals surface area contributed by atoms with Crippen molar-refractivity contribution in [3.8, 4) is 17.2 Å². The Labute approximate surface area is 237 Å². The highest BCUT2D eigenvalue weighted by molar-refractivity contribution is 6.18. The van der Waals surface area contributed by atoms with Gasteiger partial charge in [0.25, 0.3) is 0 Å². The quantitative estimate of drug-likeness (QED) is 0.370. The predicted molar refractivity (Wildman–Crippen MR) is 154 cm³/mol. The summed E-state index contributed by atoms with van der Waals surface area (Å²) in [5, 5.41) is 22.2. The van der Waals surface area contributed by atoms with Crippen molar-refractivity contribution >= 4 is 11.6 Å². The molecule has 7 nitrogen and oxygen atoms in total. The number of allylic oxidation sites excluding steroid dienone is 4. The van der Waals surface area contributed by atoms with Crippen LogP contribution in [0.3, 0.4) is 0 Å². The third kappa shape index (κ3) is 4.07. The van der Waals surface area contributed by atoms with Crippen molar-refractivity contribution in [2.75, 3.05) is 26.2 Å². The molecular formula is C33H43NO6. The monoisotopic (exact) mass is 549 g/mol. The zero-order chi connectivity index (χ0) is 29.0. The van der Waals surface area contributed by atoms with Gasteiger partial charge in [-0.2, -0.15) is 0 Å². The van der Waals surface area contributed by atoms with Gasteiger partial charge in [0.15, 0.2) is 22.8 Å². The van der Waals surface area contributed by atoms with Crippen LogP contribution in [0.2, 0.25) is 0 Å². The minimum atomic E-state index is -1.33. The fourth-order valence-electron chi connectivity index (χ4n) is 7.44. The number of aromatic hydroxyl groups is 2. The molecule has 40 heavy (non-hydrogen) atoms. The molecule has 0 aromatic heterocycles. The second-order valence-corrected chi connectivity index (χ2v) is 12.4. The normalized spacial score (nSPS) is 29.6. The number of hydrogen-bond donors (Lipinski definition) is 2. The van der Waals surface area contributed by atoms with E-state index in [1.165, 1.54) is 6.07 Å². The minimum Gasteiger partial charge on any atom is -0.507 e. The number of nitrogens with zero attached hydrogens (tertiary/aromatic N) is 1. The molecule has 3 aliphatic carbocycles. The number of hydrogen-bond acceptors (Lipinski definition) is 7. The summed E-state index contributed by atoms with van der Waals surface area (Å²) in [5.74, 6) is -1.42. The first kappa shape index (κ1) is 28.6. The highest BCUT2D eigenvalue weighted by Gasteiger charge is 2.79. The van der Waals surface area contributed by atoms with E-state index < -0.39 is 17.1 Å². The Kier molecular flexibility index (Phi) is 7.51. The summed E-state index contributed by atoms with van der Waals surface area (Å²) >= 11 is 0. The number of carbonyl (C=O) groups excluding carboxylic acids is 2. The zero-order valence-electron chi connectivity index (χ0n) is 24.7. The molecule has 1 saturated carbocycles. The summed E-state index contributed by atoms with van der Waals surface area (Å²) in [4.78, 5) is 31.1. The number of Topliss-reactive ketones (excluding diaryl/α,β-unsaturated/α-hetero) is 2. The largest absolute Gasteiger partial charge is 0.507 e. The van der Waals surface area contributed by atoms with Crippen LogP contribution in [-0.2, 0) is 16.0 Å². The fraction of sp³-hybridized carbons (Fsp3) is 0.576. The maximum Gasteiger partial charge on any atom is 0.200 e. The van der Waals surface area contributed by atoms with Crippen LogP contribution in [0.4, 0.5) is 0 Å². The van der Waals surface area contributed by atoms with Crippen molar-refractivity contribution in [1.29, 1.82) is 0 Å². The van der Waals surface area contributed by atoms with Crippen LogP contribution in [0.25, 0.3) is 0 Å². The molecule has 7 heteroatoms. The third-order valence-corrected chi connectivity index (χ3v) is 9.21. The van der Waals surface area contributed by atoms with E-state index in [0.29, 0.717) is 18.6 Å². The number of benzene rings is 1. The third-order valence-electron chi connectivity index (χ3n) is 9.21. The Bertz CT molecular complexity index is 1310. The van der Waals surface area contributed by atoms with E-state index in [0.717, 1.165) is 43.6 Å². The van der Waals surface area contributed by atoms with E-state index in [1.54, 1.807) is 0 Å². The van der Waals surface area contributed by atoms with Crippen LogP contribution >= 0.6 is 0 Å². The number of phenols is 2. The van der Waals surface area contributed by atoms with Crippen LogP contribution in [0.5, 0.6) is 17.2 Å². The van der Waals surface area contributed by atoms with Gasteiger partial charge in [-0.05, 0) is 66.0 Å². The van der Waals surface area contributed by atoms with Crippen molar-refractivity contribution < 1.29 is 29.3 Å². The van der Waals surface area contributed by atoms with Crippen molar-refractivity contribution in [1.82, 2.24) is 4.90 Å². The summed E-state index contributed by atoms with van der Waals surface area (Å²) in [6.07, 6.45) is 8.32. The Morgan fingerprint density at radius 1 is 1.07 bits per heavy atom. The van der Waals surface area contributed by atoms with Gasteiger partial charge in [-0.15, -0.1) is 0 Å². The minimum absolute atomic E-state index is 0.0367. The first-order valence-electron chi connectivity index (χ1n) is 14.7. The molecule has 1 aromatic rings. The second kappa shape index (κ2) is 10.5. The maximum absolute atomic E-state index is 14.4. The van der Waals surface area contributed by atoms with Crippen LogP contribution in [0.1, 0.15) is 76.7 Å². The number of carbonyl (C=O) groups is 2. The molecule has 0 unspecified atom stereocenters. The van der Waals surface area contributed by atoms with E-state index in [-0.39, 0.29) is 58.2 Å². The lowest BCUT2D eigenvalue weighted by molar-refractivity contribution is -0.171. The van der Waals surface area contributed by atoms with E-state index in [2.05, 4.69) is 18.7 Å². The SMILES string of the molecule is CCCN(CCC)C[C@@H]1[C@H]2CO[C@@]3(CC=C(C)C)C(=O)[C@@H]1C=C1C(=O)c4c(cc(O)c(CC=C(C)C)c4O)O[C@]123. The Morgan fingerprint density at radius 2 is 1.75 bits per heavy atom. The molecule has 5 aliphatic rings. The molecule has 4 bridgehead atoms. The van der Waals surface area contributed by atoms with Gasteiger partial charge in [0.1, 0.15) is 22.8 Å². The number of fused-ring (bicyclic) bond motifs is 1. The molecule has 2 heterocycles. The number of ketones is 2. The van der Waals surface area contributed by atoms with Gasteiger partial charge in [-0.3, -0.25) is 9.59 Å². The summed E-state index contributed by atoms with van der Waals surface area (Å²) in [6, 6.07) is 1.43. The van der Waals surface area contributed by atoms with Gasteiger partial charge < -0.3 is 24.6 Å². The van der Waals surface area contributed by atoms with Gasteiger partial charge in [0.2, 0.25) is 0 Å². The smallest absolute Gasteiger partial charge is 0.200 e. The van der Waals surface area contributed by atoms with Gasteiger partial charge >= 0.3 is 0 Å². The summed E-state index contributed by atoms with van der Waals surface area (Å²) in [7, 11) is 0. The van der Waals surface area contributed by atoms with Crippen LogP contribution < -0.4 is 4.74 Å². The Morgan fingerprint density at radius 3 is 2.38 bits per heavy atom. The first-order chi connectivity index (χ1) is 19.0. The Hall–Kier alpha value is -2.90. The van der Waals surface area contributed by atoms with Gasteiger partial charge in [0, 0.05) is 42.0 Å². The first-order valence-corrected chi connectivity index (χ1v) is 14.7.